The first-order valence-electron chi connectivity index (χ1n) is 17.3. The number of thiophene rings is 1. The summed E-state index contributed by atoms with van der Waals surface area (Å²) in [6.45, 7) is 10.4. The zero-order valence-corrected chi connectivity index (χ0v) is 31.3. The van der Waals surface area contributed by atoms with Crippen LogP contribution in [-0.2, 0) is 45.7 Å². The zero-order valence-electron chi connectivity index (χ0n) is 29.7. The van der Waals surface area contributed by atoms with Gasteiger partial charge in [0.2, 0.25) is 10.0 Å². The molecule has 1 N–H and O–H groups in total. The number of alkyl halides is 3. The van der Waals surface area contributed by atoms with E-state index in [-0.39, 0.29) is 29.4 Å². The highest BCUT2D eigenvalue weighted by Crippen LogP contribution is 2.34. The van der Waals surface area contributed by atoms with Crippen LogP contribution in [-0.4, -0.2) is 107 Å². The number of nitriles is 1. The summed E-state index contributed by atoms with van der Waals surface area (Å²) in [6, 6.07) is 10.2. The number of ether oxygens (including phenoxy) is 1. The number of aromatic nitrogens is 3. The minimum absolute atomic E-state index is 0.0361. The highest BCUT2D eigenvalue weighted by Gasteiger charge is 2.30. The maximum Gasteiger partial charge on any atom is 0.393 e. The maximum atomic E-state index is 13.2. The molecule has 0 aliphatic carbocycles. The Labute approximate surface area is 305 Å². The second-order valence-corrected chi connectivity index (χ2v) is 16.9. The van der Waals surface area contributed by atoms with Gasteiger partial charge in [0, 0.05) is 87.1 Å². The van der Waals surface area contributed by atoms with Gasteiger partial charge in [-0.25, -0.2) is 18.4 Å². The SMILES string of the molecule is CC(=O)OCc1nc(NC2CCN(Cc3ccc4c(cc(C#N)n4C[C@H](C)N4CCN(S(C)(=O)=O)CC4)c3C)CC2)c2cc(CC(F)(F)F)sc2n1. The lowest BCUT2D eigenvalue weighted by atomic mass is 10.0. The number of carbonyl (C=O) groups is 1. The molecule has 5 heterocycles. The van der Waals surface area contributed by atoms with Gasteiger partial charge in [0.15, 0.2) is 12.4 Å². The summed E-state index contributed by atoms with van der Waals surface area (Å²) in [5.74, 6) is 0.171. The Morgan fingerprint density at radius 3 is 2.46 bits per heavy atom. The lowest BCUT2D eigenvalue weighted by Crippen LogP contribution is -2.51. The third-order valence-corrected chi connectivity index (χ3v) is 12.3. The molecule has 52 heavy (non-hydrogen) atoms. The molecule has 2 aliphatic rings. The molecule has 0 saturated carbocycles. The molecule has 12 nitrogen and oxygen atoms in total. The van der Waals surface area contributed by atoms with Gasteiger partial charge in [-0.3, -0.25) is 14.6 Å². The number of piperidine rings is 1. The summed E-state index contributed by atoms with van der Waals surface area (Å²) < 4.78 is 72.1. The molecule has 0 amide bonds. The molecule has 2 aliphatic heterocycles. The average Bonchev–Trinajstić information content (AvgIpc) is 3.65. The van der Waals surface area contributed by atoms with E-state index in [4.69, 9.17) is 4.74 Å². The number of halogens is 3. The number of nitrogens with one attached hydrogen (secondary N) is 1. The second kappa shape index (κ2) is 15.3. The van der Waals surface area contributed by atoms with E-state index in [1.165, 1.54) is 29.1 Å². The van der Waals surface area contributed by atoms with Crippen LogP contribution in [0.25, 0.3) is 21.1 Å². The molecule has 4 aromatic rings. The number of hydrogen-bond acceptors (Lipinski definition) is 11. The van der Waals surface area contributed by atoms with Crippen molar-refractivity contribution in [1.29, 1.82) is 5.26 Å². The summed E-state index contributed by atoms with van der Waals surface area (Å²) in [4.78, 5) is 25.5. The van der Waals surface area contributed by atoms with E-state index in [0.717, 1.165) is 60.3 Å². The van der Waals surface area contributed by atoms with E-state index in [1.807, 2.05) is 6.07 Å². The van der Waals surface area contributed by atoms with Crippen LogP contribution in [0, 0.1) is 18.3 Å². The summed E-state index contributed by atoms with van der Waals surface area (Å²) in [5.41, 5.74) is 3.89. The standard InChI is InChI=1S/C35H43F3N8O4S2/c1-22(44-11-13-45(14-12-44)52(4,48)49)19-46-27(18-39)15-29-23(2)25(5-6-31(29)46)20-43-9-7-26(8-10-43)40-33-30-16-28(17-35(36,37)38)51-34(30)42-32(41-33)21-50-24(3)47/h5-6,15-16,22,26H,7-14,17,19-21H2,1-4H3,(H,40,41,42)/t22-/m0/s1. The van der Waals surface area contributed by atoms with E-state index < -0.39 is 28.6 Å². The van der Waals surface area contributed by atoms with Crippen molar-refractivity contribution in [3.8, 4) is 6.07 Å². The van der Waals surface area contributed by atoms with Crippen molar-refractivity contribution in [3.05, 3.63) is 51.8 Å². The number of esters is 1. The fraction of sp³-hybridized carbons (Fsp3) is 0.543. The third-order valence-electron chi connectivity index (χ3n) is 9.99. The molecule has 17 heteroatoms. The van der Waals surface area contributed by atoms with Crippen molar-refractivity contribution >= 4 is 54.3 Å². The summed E-state index contributed by atoms with van der Waals surface area (Å²) in [6.07, 6.45) is -2.58. The molecule has 0 spiro atoms. The number of sulfonamides is 1. The molecule has 0 unspecified atom stereocenters. The van der Waals surface area contributed by atoms with Crippen molar-refractivity contribution in [3.63, 3.8) is 0 Å². The number of fused-ring (bicyclic) bond motifs is 2. The largest absolute Gasteiger partial charge is 0.458 e. The van der Waals surface area contributed by atoms with Gasteiger partial charge in [0.05, 0.1) is 18.1 Å². The topological polar surface area (TPSA) is 137 Å². The Hall–Kier alpha value is -3.82. The van der Waals surface area contributed by atoms with Crippen LogP contribution in [0.15, 0.2) is 24.3 Å². The number of aryl methyl sites for hydroxylation is 1. The van der Waals surface area contributed by atoms with Crippen LogP contribution in [0.1, 0.15) is 54.2 Å². The monoisotopic (exact) mass is 760 g/mol. The molecule has 0 radical (unpaired) electrons. The molecule has 2 fully saturated rings. The number of nitrogens with zero attached hydrogens (tertiary/aromatic N) is 7. The molecule has 2 saturated heterocycles. The fourth-order valence-corrected chi connectivity index (χ4v) is 9.05. The van der Waals surface area contributed by atoms with Gasteiger partial charge < -0.3 is 14.6 Å². The first-order chi connectivity index (χ1) is 24.6. The number of piperazine rings is 1. The Morgan fingerprint density at radius 1 is 1.12 bits per heavy atom. The normalized spacial score (nSPS) is 17.8. The quantitative estimate of drug-likeness (QED) is 0.207. The van der Waals surface area contributed by atoms with Crippen molar-refractivity contribution in [2.24, 2.45) is 0 Å². The molecule has 280 valence electrons. The maximum absolute atomic E-state index is 13.2. The van der Waals surface area contributed by atoms with E-state index >= 15 is 0 Å². The molecular formula is C35H43F3N8O4S2. The minimum Gasteiger partial charge on any atom is -0.458 e. The van der Waals surface area contributed by atoms with E-state index in [9.17, 15) is 31.6 Å². The van der Waals surface area contributed by atoms with Gasteiger partial charge in [0.1, 0.15) is 22.4 Å². The summed E-state index contributed by atoms with van der Waals surface area (Å²) in [5, 5.41) is 15.1. The van der Waals surface area contributed by atoms with Gasteiger partial charge in [-0.05, 0) is 56.0 Å². The smallest absolute Gasteiger partial charge is 0.393 e. The van der Waals surface area contributed by atoms with Crippen LogP contribution in [0.5, 0.6) is 0 Å². The van der Waals surface area contributed by atoms with Crippen LogP contribution in [0.4, 0.5) is 19.0 Å². The lowest BCUT2D eigenvalue weighted by Gasteiger charge is -2.37. The van der Waals surface area contributed by atoms with Crippen molar-refractivity contribution in [1.82, 2.24) is 28.6 Å². The first kappa shape index (κ1) is 37.9. The van der Waals surface area contributed by atoms with Gasteiger partial charge in [-0.2, -0.15) is 22.7 Å². The molecule has 1 atom stereocenters. The predicted molar refractivity (Wildman–Crippen MR) is 193 cm³/mol. The van der Waals surface area contributed by atoms with Crippen LogP contribution in [0.2, 0.25) is 0 Å². The molecule has 0 bridgehead atoms. The number of carbonyl (C=O) groups excluding carboxylic acids is 1. The van der Waals surface area contributed by atoms with Crippen LogP contribution in [0.3, 0.4) is 0 Å². The Balaban J connectivity index is 1.11. The highest BCUT2D eigenvalue weighted by atomic mass is 32.2. The number of hydrogen-bond donors (Lipinski definition) is 1. The van der Waals surface area contributed by atoms with Crippen molar-refractivity contribution in [2.75, 3.05) is 50.8 Å². The van der Waals surface area contributed by atoms with Crippen LogP contribution < -0.4 is 5.32 Å². The predicted octanol–water partition coefficient (Wildman–Crippen LogP) is 5.04. The first-order valence-corrected chi connectivity index (χ1v) is 19.9. The number of benzene rings is 1. The Morgan fingerprint density at radius 2 is 1.83 bits per heavy atom. The minimum atomic E-state index is -4.35. The van der Waals surface area contributed by atoms with Crippen LogP contribution >= 0.6 is 11.3 Å². The van der Waals surface area contributed by atoms with Crippen molar-refractivity contribution < 1.29 is 31.1 Å². The summed E-state index contributed by atoms with van der Waals surface area (Å²) >= 11 is 0.965. The third kappa shape index (κ3) is 8.85. The number of anilines is 1. The summed E-state index contributed by atoms with van der Waals surface area (Å²) in [7, 11) is -3.21. The molecule has 1 aromatic carbocycles. The number of likely N-dealkylation sites (tertiary alicyclic amines) is 1. The van der Waals surface area contributed by atoms with Crippen molar-refractivity contribution in [2.45, 2.75) is 78.0 Å². The molecule has 6 rings (SSSR count). The highest BCUT2D eigenvalue weighted by molar-refractivity contribution is 7.88. The zero-order chi connectivity index (χ0) is 37.4. The molecular weight excluding hydrogens is 718 g/mol. The van der Waals surface area contributed by atoms with Gasteiger partial charge >= 0.3 is 12.1 Å². The Bertz CT molecular complexity index is 2090. The van der Waals surface area contributed by atoms with E-state index in [0.29, 0.717) is 54.5 Å². The van der Waals surface area contributed by atoms with Gasteiger partial charge in [-0.1, -0.05) is 6.07 Å². The Kier molecular flexibility index (Phi) is 11.1. The average molecular weight is 761 g/mol. The van der Waals surface area contributed by atoms with E-state index in [1.54, 1.807) is 0 Å². The van der Waals surface area contributed by atoms with Gasteiger partial charge in [0.25, 0.3) is 0 Å². The fourth-order valence-electron chi connectivity index (χ4n) is 7.15. The molecule has 3 aromatic heterocycles. The number of rotatable bonds is 11. The van der Waals surface area contributed by atoms with E-state index in [2.05, 4.69) is 61.7 Å². The second-order valence-electron chi connectivity index (χ2n) is 13.8. The lowest BCUT2D eigenvalue weighted by molar-refractivity contribution is -0.142. The van der Waals surface area contributed by atoms with Gasteiger partial charge in [-0.15, -0.1) is 11.3 Å².